The maximum Gasteiger partial charge on any atom is 0.337 e. The highest BCUT2D eigenvalue weighted by Gasteiger charge is 2.54. The van der Waals surface area contributed by atoms with Crippen molar-refractivity contribution in [2.45, 2.75) is 92.1 Å². The van der Waals surface area contributed by atoms with E-state index in [1.807, 2.05) is 0 Å². The van der Waals surface area contributed by atoms with Gasteiger partial charge < -0.3 is 79.5 Å². The van der Waals surface area contributed by atoms with E-state index in [-0.39, 0.29) is 0 Å². The van der Waals surface area contributed by atoms with Crippen molar-refractivity contribution < 1.29 is 84.3 Å². The first-order valence-corrected chi connectivity index (χ1v) is 11.0. The van der Waals surface area contributed by atoms with Gasteiger partial charge in [0.15, 0.2) is 25.0 Å². The fourth-order valence-electron chi connectivity index (χ4n) is 4.14. The van der Waals surface area contributed by atoms with Crippen molar-refractivity contribution in [3.63, 3.8) is 0 Å². The first-order chi connectivity index (χ1) is 17.0. The van der Waals surface area contributed by atoms with Gasteiger partial charge in [-0.2, -0.15) is 0 Å². The van der Waals surface area contributed by atoms with Crippen molar-refractivity contribution in [1.82, 2.24) is 0 Å². The largest absolute Gasteiger partial charge is 0.467 e. The summed E-state index contributed by atoms with van der Waals surface area (Å²) in [5, 5.41) is 100. The predicted octanol–water partition coefficient (Wildman–Crippen LogP) is -7.39. The van der Waals surface area contributed by atoms with Gasteiger partial charge >= 0.3 is 5.97 Å². The van der Waals surface area contributed by atoms with E-state index in [4.69, 9.17) is 23.7 Å². The summed E-state index contributed by atoms with van der Waals surface area (Å²) in [5.41, 5.74) is 0. The van der Waals surface area contributed by atoms with Crippen LogP contribution >= 0.6 is 0 Å². The van der Waals surface area contributed by atoms with E-state index in [9.17, 15) is 55.9 Å². The molecule has 10 N–H and O–H groups in total. The zero-order chi connectivity index (χ0) is 26.9. The van der Waals surface area contributed by atoms with Gasteiger partial charge in [-0.1, -0.05) is 0 Å². The van der Waals surface area contributed by atoms with Crippen LogP contribution in [0.3, 0.4) is 0 Å². The third-order valence-corrected chi connectivity index (χ3v) is 6.25. The maximum absolute atomic E-state index is 11.9. The normalized spacial score (nSPS) is 50.0. The molecular weight excluding hydrogens is 500 g/mol. The summed E-state index contributed by atoms with van der Waals surface area (Å²) in [6.45, 7) is -1.66. The lowest BCUT2D eigenvalue weighted by Gasteiger charge is -2.48. The minimum atomic E-state index is -1.97. The maximum atomic E-state index is 11.9. The second kappa shape index (κ2) is 12.2. The molecule has 0 aromatic carbocycles. The summed E-state index contributed by atoms with van der Waals surface area (Å²) in [5.74, 6) is -1.12. The van der Waals surface area contributed by atoms with Crippen LogP contribution in [-0.2, 0) is 33.2 Å². The molecule has 3 aliphatic rings. The Kier molecular flexibility index (Phi) is 9.94. The molecule has 0 aromatic heterocycles. The average molecular weight is 532 g/mol. The van der Waals surface area contributed by atoms with Crippen LogP contribution in [0.25, 0.3) is 0 Å². The van der Waals surface area contributed by atoms with Crippen molar-refractivity contribution in [3.8, 4) is 0 Å². The SMILES string of the molecule is COC(=O)[C@H]1O[C@@H](O[C@@H]2[C@H](O[C@@H]3O[C@H](CO)[C@@H](O)[C@H](O)[C@H]3O)[C@@H](O)[C@@H](O)O[C@@H]2CO)[C@H](O)[C@@H](O)[C@@H]1O. The number of rotatable bonds is 7. The molecule has 0 aromatic rings. The lowest BCUT2D eigenvalue weighted by Crippen LogP contribution is -2.67. The monoisotopic (exact) mass is 532 g/mol. The second-order valence-electron chi connectivity index (χ2n) is 8.56. The highest BCUT2D eigenvalue weighted by Crippen LogP contribution is 2.33. The number of hydrogen-bond donors (Lipinski definition) is 10. The van der Waals surface area contributed by atoms with Crippen LogP contribution in [0.2, 0.25) is 0 Å². The molecule has 36 heavy (non-hydrogen) atoms. The Morgan fingerprint density at radius 1 is 0.639 bits per heavy atom. The minimum Gasteiger partial charge on any atom is -0.467 e. The lowest BCUT2D eigenvalue weighted by molar-refractivity contribution is -0.381. The number of aliphatic hydroxyl groups is 10. The van der Waals surface area contributed by atoms with E-state index in [0.717, 1.165) is 7.11 Å². The number of ether oxygens (including phenoxy) is 6. The Bertz CT molecular complexity index is 724. The van der Waals surface area contributed by atoms with Gasteiger partial charge in [0.25, 0.3) is 0 Å². The molecule has 3 rings (SSSR count). The van der Waals surface area contributed by atoms with Crippen molar-refractivity contribution in [3.05, 3.63) is 0 Å². The van der Waals surface area contributed by atoms with Gasteiger partial charge in [-0.3, -0.25) is 0 Å². The molecule has 0 spiro atoms. The summed E-state index contributed by atoms with van der Waals surface area (Å²) in [6.07, 6.45) is -27.1. The summed E-state index contributed by atoms with van der Waals surface area (Å²) < 4.78 is 31.1. The minimum absolute atomic E-state index is 0.791. The number of esters is 1. The third-order valence-electron chi connectivity index (χ3n) is 6.25. The summed E-state index contributed by atoms with van der Waals surface area (Å²) in [6, 6.07) is 0. The van der Waals surface area contributed by atoms with E-state index in [0.29, 0.717) is 0 Å². The van der Waals surface area contributed by atoms with Crippen LogP contribution < -0.4 is 0 Å². The molecule has 15 atom stereocenters. The van der Waals surface area contributed by atoms with E-state index in [1.165, 1.54) is 0 Å². The van der Waals surface area contributed by atoms with Gasteiger partial charge in [-0.15, -0.1) is 0 Å². The molecule has 3 saturated heterocycles. The molecule has 210 valence electrons. The van der Waals surface area contributed by atoms with Gasteiger partial charge in [-0.25, -0.2) is 4.79 Å². The van der Waals surface area contributed by atoms with Crippen LogP contribution in [-0.4, -0.2) is 169 Å². The lowest BCUT2D eigenvalue weighted by atomic mass is 9.96. The topological polar surface area (TPSA) is 275 Å². The first kappa shape index (κ1) is 29.4. The summed E-state index contributed by atoms with van der Waals surface area (Å²) in [4.78, 5) is 11.9. The van der Waals surface area contributed by atoms with Crippen LogP contribution in [0.5, 0.6) is 0 Å². The second-order valence-corrected chi connectivity index (χ2v) is 8.56. The molecule has 0 saturated carbocycles. The number of aliphatic hydroxyl groups excluding tert-OH is 10. The Hall–Kier alpha value is -1.13. The average Bonchev–Trinajstić information content (AvgIpc) is 2.87. The van der Waals surface area contributed by atoms with Gasteiger partial charge in [0.2, 0.25) is 0 Å². The quantitative estimate of drug-likeness (QED) is 0.136. The molecule has 0 radical (unpaired) electrons. The number of carbonyl (C=O) groups excluding carboxylic acids is 1. The number of carbonyl (C=O) groups is 1. The fourth-order valence-corrected chi connectivity index (χ4v) is 4.14. The summed E-state index contributed by atoms with van der Waals surface area (Å²) in [7, 11) is 0.977. The number of methoxy groups -OCH3 is 1. The Balaban J connectivity index is 1.86. The van der Waals surface area contributed by atoms with Crippen LogP contribution in [0.15, 0.2) is 0 Å². The van der Waals surface area contributed by atoms with Crippen LogP contribution in [0.1, 0.15) is 0 Å². The molecule has 0 unspecified atom stereocenters. The molecule has 3 aliphatic heterocycles. The van der Waals surface area contributed by atoms with Crippen molar-refractivity contribution in [2.24, 2.45) is 0 Å². The van der Waals surface area contributed by atoms with Crippen molar-refractivity contribution >= 4 is 5.97 Å². The molecule has 0 aliphatic carbocycles. The molecule has 3 heterocycles. The highest BCUT2D eigenvalue weighted by molar-refractivity contribution is 5.75. The molecule has 0 bridgehead atoms. The third kappa shape index (κ3) is 5.65. The van der Waals surface area contributed by atoms with Crippen LogP contribution in [0, 0.1) is 0 Å². The van der Waals surface area contributed by atoms with E-state index >= 15 is 0 Å². The Labute approximate surface area is 203 Å². The highest BCUT2D eigenvalue weighted by atomic mass is 16.8. The van der Waals surface area contributed by atoms with Crippen molar-refractivity contribution in [1.29, 1.82) is 0 Å². The zero-order valence-electron chi connectivity index (χ0n) is 18.9. The number of hydrogen-bond acceptors (Lipinski definition) is 17. The first-order valence-electron chi connectivity index (χ1n) is 11.0. The van der Waals surface area contributed by atoms with Gasteiger partial charge in [-0.05, 0) is 0 Å². The van der Waals surface area contributed by atoms with E-state index in [2.05, 4.69) is 4.74 Å². The molecular formula is C19H32O17. The zero-order valence-corrected chi connectivity index (χ0v) is 18.9. The Morgan fingerprint density at radius 3 is 1.72 bits per heavy atom. The van der Waals surface area contributed by atoms with E-state index in [1.54, 1.807) is 0 Å². The van der Waals surface area contributed by atoms with E-state index < -0.39 is 111 Å². The predicted molar refractivity (Wildman–Crippen MR) is 106 cm³/mol. The molecule has 3 fully saturated rings. The fraction of sp³-hybridized carbons (Fsp3) is 0.947. The van der Waals surface area contributed by atoms with Gasteiger partial charge in [0, 0.05) is 0 Å². The van der Waals surface area contributed by atoms with Gasteiger partial charge in [0.1, 0.15) is 67.1 Å². The van der Waals surface area contributed by atoms with Gasteiger partial charge in [0.05, 0.1) is 20.3 Å². The standard InChI is InChI=1S/C19H32O17/c1-31-17(30)15-9(25)8(24)11(27)19(36-15)34-13-5(3-21)32-16(29)12(28)14(13)35-18-10(26)7(23)6(22)4(2-20)33-18/h4-16,18-29H,2-3H2,1H3/t4-,5-,6-,7+,8+,9+,10-,11-,12-,13+,14-,15+,16+,18+,19-/m1/s1. The van der Waals surface area contributed by atoms with Crippen LogP contribution in [0.4, 0.5) is 0 Å². The van der Waals surface area contributed by atoms with Crippen molar-refractivity contribution in [2.75, 3.05) is 20.3 Å². The molecule has 17 heteroatoms. The summed E-state index contributed by atoms with van der Waals surface area (Å²) >= 11 is 0. The Morgan fingerprint density at radius 2 is 1.17 bits per heavy atom. The smallest absolute Gasteiger partial charge is 0.337 e. The molecule has 0 amide bonds. The molecule has 17 nitrogen and oxygen atoms in total.